The number of carbonyl (C=O) groups excluding carboxylic acids is 3. The van der Waals surface area contributed by atoms with Crippen molar-refractivity contribution in [2.24, 2.45) is 5.92 Å². The highest BCUT2D eigenvalue weighted by Crippen LogP contribution is 2.26. The maximum absolute atomic E-state index is 12.7. The van der Waals surface area contributed by atoms with Gasteiger partial charge in [-0.15, -0.1) is 0 Å². The van der Waals surface area contributed by atoms with Crippen LogP contribution < -0.4 is 5.32 Å². The van der Waals surface area contributed by atoms with E-state index in [0.29, 0.717) is 23.4 Å². The Morgan fingerprint density at radius 1 is 1.07 bits per heavy atom. The molecule has 4 rings (SSSR count). The van der Waals surface area contributed by atoms with Gasteiger partial charge >= 0.3 is 0 Å². The monoisotopic (exact) mass is 361 g/mol. The zero-order valence-electron chi connectivity index (χ0n) is 15.1. The molecule has 2 aromatic carbocycles. The van der Waals surface area contributed by atoms with Gasteiger partial charge in [-0.05, 0) is 42.3 Å². The summed E-state index contributed by atoms with van der Waals surface area (Å²) in [6, 6.07) is 12.1. The highest BCUT2D eigenvalue weighted by molar-refractivity contribution is 6.22. The number of rotatable bonds is 4. The minimum atomic E-state index is -0.342. The first-order valence-electron chi connectivity index (χ1n) is 8.83. The Hall–Kier alpha value is -3.41. The summed E-state index contributed by atoms with van der Waals surface area (Å²) in [7, 11) is 0. The molecule has 3 aromatic rings. The van der Waals surface area contributed by atoms with E-state index in [9.17, 15) is 14.4 Å². The fraction of sp³-hybridized carbons (Fsp3) is 0.190. The van der Waals surface area contributed by atoms with Crippen LogP contribution in [0, 0.1) is 5.92 Å². The third-order valence-electron chi connectivity index (χ3n) is 4.62. The van der Waals surface area contributed by atoms with Crippen molar-refractivity contribution in [1.82, 2.24) is 9.88 Å². The van der Waals surface area contributed by atoms with E-state index >= 15 is 0 Å². The van der Waals surface area contributed by atoms with Crippen LogP contribution in [-0.4, -0.2) is 34.2 Å². The number of nitrogens with one attached hydrogen (secondary N) is 2. The summed E-state index contributed by atoms with van der Waals surface area (Å²) in [6.45, 7) is 4.26. The molecule has 0 spiro atoms. The summed E-state index contributed by atoms with van der Waals surface area (Å²) in [5.41, 5.74) is 2.59. The third-order valence-corrected chi connectivity index (χ3v) is 4.62. The lowest BCUT2D eigenvalue weighted by molar-refractivity contribution is 0.0636. The molecule has 6 nitrogen and oxygen atoms in total. The Bertz CT molecular complexity index is 1080. The predicted molar refractivity (Wildman–Crippen MR) is 103 cm³/mol. The second-order valence-corrected chi connectivity index (χ2v) is 7.07. The fourth-order valence-corrected chi connectivity index (χ4v) is 3.35. The molecule has 6 heteroatoms. The van der Waals surface area contributed by atoms with E-state index in [1.54, 1.807) is 12.1 Å². The van der Waals surface area contributed by atoms with Gasteiger partial charge in [0.2, 0.25) is 0 Å². The Morgan fingerprint density at radius 3 is 2.63 bits per heavy atom. The Balaban J connectivity index is 1.62. The van der Waals surface area contributed by atoms with E-state index in [-0.39, 0.29) is 29.2 Å². The maximum atomic E-state index is 12.7. The van der Waals surface area contributed by atoms with Crippen LogP contribution in [0.15, 0.2) is 48.7 Å². The number of nitrogens with zero attached hydrogens (tertiary/aromatic N) is 1. The predicted octanol–water partition coefficient (Wildman–Crippen LogP) is 3.67. The van der Waals surface area contributed by atoms with E-state index in [0.717, 1.165) is 10.9 Å². The minimum absolute atomic E-state index is 0.178. The fourth-order valence-electron chi connectivity index (χ4n) is 3.35. The standard InChI is InChI=1S/C21H19N3O3/c1-12(2)11-24-20(26)14-7-6-13(10-16(14)21(24)27)19(25)23-18-5-3-4-17-15(18)8-9-22-17/h3-10,12,22H,11H2,1-2H3,(H,23,25). The number of aromatic amines is 1. The molecule has 0 unspecified atom stereocenters. The molecule has 136 valence electrons. The van der Waals surface area contributed by atoms with Gasteiger partial charge in [0.1, 0.15) is 0 Å². The summed E-state index contributed by atoms with van der Waals surface area (Å²) in [4.78, 5) is 42.1. The van der Waals surface area contributed by atoms with Gasteiger partial charge in [0.05, 0.1) is 16.8 Å². The van der Waals surface area contributed by atoms with E-state index < -0.39 is 0 Å². The number of H-pyrrole nitrogens is 1. The molecule has 0 radical (unpaired) electrons. The Kier molecular flexibility index (Phi) is 4.03. The van der Waals surface area contributed by atoms with Gasteiger partial charge < -0.3 is 10.3 Å². The van der Waals surface area contributed by atoms with Crippen LogP contribution in [0.25, 0.3) is 10.9 Å². The molecule has 1 aliphatic heterocycles. The molecule has 2 N–H and O–H groups in total. The Morgan fingerprint density at radius 2 is 1.85 bits per heavy atom. The van der Waals surface area contributed by atoms with Gasteiger partial charge in [0, 0.05) is 29.2 Å². The lowest BCUT2D eigenvalue weighted by Gasteiger charge is -2.15. The van der Waals surface area contributed by atoms with Gasteiger partial charge in [-0.1, -0.05) is 19.9 Å². The number of benzene rings is 2. The number of hydrogen-bond donors (Lipinski definition) is 2. The summed E-state index contributed by atoms with van der Waals surface area (Å²) in [5, 5.41) is 3.78. The van der Waals surface area contributed by atoms with Crippen molar-refractivity contribution in [2.75, 3.05) is 11.9 Å². The van der Waals surface area contributed by atoms with Gasteiger partial charge in [0.15, 0.2) is 0 Å². The molecule has 0 aliphatic carbocycles. The zero-order chi connectivity index (χ0) is 19.1. The van der Waals surface area contributed by atoms with Crippen molar-refractivity contribution in [1.29, 1.82) is 0 Å². The largest absolute Gasteiger partial charge is 0.361 e. The van der Waals surface area contributed by atoms with Crippen LogP contribution in [0.5, 0.6) is 0 Å². The molecular weight excluding hydrogens is 342 g/mol. The second-order valence-electron chi connectivity index (χ2n) is 7.07. The molecular formula is C21H19N3O3. The number of carbonyl (C=O) groups is 3. The molecule has 0 fully saturated rings. The summed E-state index contributed by atoms with van der Waals surface area (Å²) < 4.78 is 0. The van der Waals surface area contributed by atoms with Crippen molar-refractivity contribution >= 4 is 34.3 Å². The summed E-state index contributed by atoms with van der Waals surface area (Å²) in [6.07, 6.45) is 1.81. The van der Waals surface area contributed by atoms with E-state index in [4.69, 9.17) is 0 Å². The minimum Gasteiger partial charge on any atom is -0.361 e. The van der Waals surface area contributed by atoms with Crippen molar-refractivity contribution in [3.63, 3.8) is 0 Å². The first-order chi connectivity index (χ1) is 13.0. The molecule has 0 bridgehead atoms. The quantitative estimate of drug-likeness (QED) is 0.696. The normalized spacial score (nSPS) is 13.5. The van der Waals surface area contributed by atoms with Crippen LogP contribution in [0.1, 0.15) is 44.9 Å². The number of fused-ring (bicyclic) bond motifs is 2. The third kappa shape index (κ3) is 2.89. The average Bonchev–Trinajstić information content (AvgIpc) is 3.21. The van der Waals surface area contributed by atoms with E-state index in [2.05, 4.69) is 10.3 Å². The molecule has 0 saturated heterocycles. The van der Waals surface area contributed by atoms with Gasteiger partial charge in [0.25, 0.3) is 17.7 Å². The molecule has 1 aliphatic rings. The van der Waals surface area contributed by atoms with Gasteiger partial charge in [-0.25, -0.2) is 0 Å². The van der Waals surface area contributed by atoms with Gasteiger partial charge in [-0.3, -0.25) is 19.3 Å². The lowest BCUT2D eigenvalue weighted by atomic mass is 10.1. The number of hydrogen-bond acceptors (Lipinski definition) is 3. The number of amides is 3. The van der Waals surface area contributed by atoms with E-state index in [1.807, 2.05) is 44.3 Å². The molecule has 1 aromatic heterocycles. The van der Waals surface area contributed by atoms with Crippen molar-refractivity contribution < 1.29 is 14.4 Å². The van der Waals surface area contributed by atoms with Crippen LogP contribution in [0.2, 0.25) is 0 Å². The smallest absolute Gasteiger partial charge is 0.261 e. The number of imide groups is 1. The van der Waals surface area contributed by atoms with E-state index in [1.165, 1.54) is 11.0 Å². The van der Waals surface area contributed by atoms with Crippen LogP contribution >= 0.6 is 0 Å². The Labute approximate surface area is 156 Å². The first kappa shape index (κ1) is 17.0. The van der Waals surface area contributed by atoms with Crippen LogP contribution in [-0.2, 0) is 0 Å². The molecule has 27 heavy (non-hydrogen) atoms. The second kappa shape index (κ2) is 6.39. The van der Waals surface area contributed by atoms with Gasteiger partial charge in [-0.2, -0.15) is 0 Å². The SMILES string of the molecule is CC(C)CN1C(=O)c2ccc(C(=O)Nc3cccc4[nH]ccc34)cc2C1=O. The first-order valence-corrected chi connectivity index (χ1v) is 8.83. The van der Waals surface area contributed by atoms with Crippen molar-refractivity contribution in [3.05, 3.63) is 65.4 Å². The van der Waals surface area contributed by atoms with Crippen LogP contribution in [0.4, 0.5) is 5.69 Å². The average molecular weight is 361 g/mol. The summed E-state index contributed by atoms with van der Waals surface area (Å²) in [5.74, 6) is -0.787. The number of aromatic nitrogens is 1. The highest BCUT2D eigenvalue weighted by atomic mass is 16.2. The topological polar surface area (TPSA) is 82.3 Å². The highest BCUT2D eigenvalue weighted by Gasteiger charge is 2.36. The summed E-state index contributed by atoms with van der Waals surface area (Å²) >= 11 is 0. The zero-order valence-corrected chi connectivity index (χ0v) is 15.1. The molecule has 0 saturated carbocycles. The molecule has 3 amide bonds. The lowest BCUT2D eigenvalue weighted by Crippen LogP contribution is -2.33. The molecule has 0 atom stereocenters. The maximum Gasteiger partial charge on any atom is 0.261 e. The van der Waals surface area contributed by atoms with Crippen LogP contribution in [0.3, 0.4) is 0 Å². The van der Waals surface area contributed by atoms with Crippen molar-refractivity contribution in [2.45, 2.75) is 13.8 Å². The molecule has 2 heterocycles. The van der Waals surface area contributed by atoms with Crippen molar-refractivity contribution in [3.8, 4) is 0 Å². The number of anilines is 1.